The maximum Gasteiger partial charge on any atom is 0.215 e. The van der Waals surface area contributed by atoms with Gasteiger partial charge in [-0.3, -0.25) is 0 Å². The van der Waals surface area contributed by atoms with E-state index >= 15 is 0 Å². The van der Waals surface area contributed by atoms with Crippen molar-refractivity contribution < 1.29 is 9.13 Å². The zero-order valence-electron chi connectivity index (χ0n) is 13.1. The van der Waals surface area contributed by atoms with Crippen LogP contribution in [-0.2, 0) is 6.54 Å². The average molecular weight is 300 g/mol. The summed E-state index contributed by atoms with van der Waals surface area (Å²) >= 11 is 0. The number of halogens is 1. The van der Waals surface area contributed by atoms with Gasteiger partial charge in [0, 0.05) is 16.5 Å². The van der Waals surface area contributed by atoms with Gasteiger partial charge in [-0.05, 0) is 30.9 Å². The van der Waals surface area contributed by atoms with Crippen molar-refractivity contribution in [3.8, 4) is 17.1 Å². The number of nitrogens with zero attached hydrogens (tertiary/aromatic N) is 2. The minimum absolute atomic E-state index is 0.224. The van der Waals surface area contributed by atoms with Gasteiger partial charge < -0.3 is 4.74 Å². The maximum absolute atomic E-state index is 14.2. The Balaban J connectivity index is 1.84. The molecule has 2 aliphatic rings. The summed E-state index contributed by atoms with van der Waals surface area (Å²) in [4.78, 5) is 0. The summed E-state index contributed by atoms with van der Waals surface area (Å²) in [6.45, 7) is 5.89. The van der Waals surface area contributed by atoms with Crippen LogP contribution in [-0.4, -0.2) is 16.4 Å². The molecule has 0 amide bonds. The molecule has 0 saturated heterocycles. The molecular formula is C18H21FN2O. The summed E-state index contributed by atoms with van der Waals surface area (Å²) in [6.07, 6.45) is 3.69. The summed E-state index contributed by atoms with van der Waals surface area (Å²) in [5.74, 6) is 0.859. The van der Waals surface area contributed by atoms with Gasteiger partial charge in [0.25, 0.3) is 0 Å². The first kappa shape index (κ1) is 13.8. The van der Waals surface area contributed by atoms with E-state index in [9.17, 15) is 4.39 Å². The normalized spacial score (nSPS) is 18.9. The highest BCUT2D eigenvalue weighted by Gasteiger charge is 2.43. The quantitative estimate of drug-likeness (QED) is 0.823. The van der Waals surface area contributed by atoms with Crippen LogP contribution in [0.15, 0.2) is 24.3 Å². The Morgan fingerprint density at radius 2 is 2.05 bits per heavy atom. The fraction of sp³-hybridized carbons (Fsp3) is 0.500. The van der Waals surface area contributed by atoms with E-state index < -0.39 is 0 Å². The minimum atomic E-state index is -0.224. The highest BCUT2D eigenvalue weighted by atomic mass is 19.1. The topological polar surface area (TPSA) is 27.1 Å². The molecule has 1 aromatic heterocycles. The molecule has 1 aliphatic heterocycles. The van der Waals surface area contributed by atoms with Crippen molar-refractivity contribution in [3.05, 3.63) is 35.6 Å². The van der Waals surface area contributed by atoms with Crippen molar-refractivity contribution in [3.63, 3.8) is 0 Å². The number of rotatable bonds is 2. The van der Waals surface area contributed by atoms with Gasteiger partial charge in [-0.25, -0.2) is 9.07 Å². The average Bonchev–Trinajstić information content (AvgIpc) is 2.84. The minimum Gasteiger partial charge on any atom is -0.477 e. The summed E-state index contributed by atoms with van der Waals surface area (Å²) in [7, 11) is 0. The van der Waals surface area contributed by atoms with Crippen molar-refractivity contribution >= 4 is 0 Å². The number of aromatic nitrogens is 2. The number of hydrogen-bond acceptors (Lipinski definition) is 2. The predicted octanol–water partition coefficient (Wildman–Crippen LogP) is 4.38. The van der Waals surface area contributed by atoms with Crippen LogP contribution in [0.2, 0.25) is 0 Å². The predicted molar refractivity (Wildman–Crippen MR) is 83.5 cm³/mol. The second-order valence-electron chi connectivity index (χ2n) is 7.00. The third-order valence-electron chi connectivity index (χ3n) is 5.06. The van der Waals surface area contributed by atoms with Gasteiger partial charge in [0.2, 0.25) is 5.88 Å². The fourth-order valence-electron chi connectivity index (χ4n) is 3.66. The van der Waals surface area contributed by atoms with Gasteiger partial charge in [0.05, 0.1) is 13.2 Å². The summed E-state index contributed by atoms with van der Waals surface area (Å²) < 4.78 is 22.3. The summed E-state index contributed by atoms with van der Waals surface area (Å²) in [5.41, 5.74) is 2.60. The first-order valence-corrected chi connectivity index (χ1v) is 8.08. The van der Waals surface area contributed by atoms with Crippen molar-refractivity contribution in [1.82, 2.24) is 9.78 Å². The molecule has 1 fully saturated rings. The number of hydrogen-bond donors (Lipinski definition) is 0. The molecule has 0 radical (unpaired) electrons. The van der Waals surface area contributed by atoms with E-state index in [1.54, 1.807) is 12.1 Å². The van der Waals surface area contributed by atoms with E-state index in [2.05, 4.69) is 13.8 Å². The summed E-state index contributed by atoms with van der Waals surface area (Å²) in [6, 6.07) is 6.86. The molecule has 0 unspecified atom stereocenters. The Morgan fingerprint density at radius 1 is 1.27 bits per heavy atom. The van der Waals surface area contributed by atoms with E-state index in [1.165, 1.54) is 25.3 Å². The molecule has 1 aliphatic carbocycles. The molecule has 0 N–H and O–H groups in total. The van der Waals surface area contributed by atoms with Crippen LogP contribution in [0, 0.1) is 11.2 Å². The van der Waals surface area contributed by atoms with Gasteiger partial charge in [-0.2, -0.15) is 5.10 Å². The maximum atomic E-state index is 14.2. The Bertz CT molecular complexity index is 716. The van der Waals surface area contributed by atoms with Crippen LogP contribution in [0.4, 0.5) is 4.39 Å². The van der Waals surface area contributed by atoms with Crippen LogP contribution in [0.3, 0.4) is 0 Å². The zero-order chi connectivity index (χ0) is 15.3. The molecule has 0 bridgehead atoms. The highest BCUT2D eigenvalue weighted by molar-refractivity contribution is 5.67. The van der Waals surface area contributed by atoms with Crippen LogP contribution >= 0.6 is 0 Å². The molecule has 4 heteroatoms. The van der Waals surface area contributed by atoms with E-state index in [0.29, 0.717) is 5.56 Å². The fourth-order valence-corrected chi connectivity index (χ4v) is 3.66. The van der Waals surface area contributed by atoms with Crippen LogP contribution in [0.25, 0.3) is 11.3 Å². The number of benzene rings is 1. The molecule has 116 valence electrons. The lowest BCUT2D eigenvalue weighted by Crippen LogP contribution is -2.43. The molecule has 1 spiro atoms. The van der Waals surface area contributed by atoms with Gasteiger partial charge >= 0.3 is 0 Å². The SMILES string of the molecule is CC(C)c1c(-c2ccccc2F)nn2c1OCC1(CCC1)C2. The Labute approximate surface area is 130 Å². The molecule has 4 rings (SSSR count). The highest BCUT2D eigenvalue weighted by Crippen LogP contribution is 2.48. The zero-order valence-corrected chi connectivity index (χ0v) is 13.1. The molecule has 1 aromatic carbocycles. The lowest BCUT2D eigenvalue weighted by atomic mass is 9.69. The van der Waals surface area contributed by atoms with Gasteiger partial charge in [0.1, 0.15) is 11.5 Å². The lowest BCUT2D eigenvalue weighted by Gasteiger charge is -2.44. The van der Waals surface area contributed by atoms with Crippen molar-refractivity contribution in [2.45, 2.75) is 45.6 Å². The lowest BCUT2D eigenvalue weighted by molar-refractivity contribution is 0.00123. The van der Waals surface area contributed by atoms with Crippen LogP contribution in [0.1, 0.15) is 44.6 Å². The second-order valence-corrected chi connectivity index (χ2v) is 7.00. The number of fused-ring (bicyclic) bond motifs is 1. The standard InChI is InChI=1S/C18H21FN2O/c1-12(2)15-16(13-6-3-4-7-14(13)19)20-21-10-18(8-5-9-18)11-22-17(15)21/h3-4,6-7,12H,5,8-11H2,1-2H3. The molecule has 1 saturated carbocycles. The van der Waals surface area contributed by atoms with E-state index in [1.807, 2.05) is 10.7 Å². The molecule has 0 atom stereocenters. The largest absolute Gasteiger partial charge is 0.477 e. The van der Waals surface area contributed by atoms with E-state index in [0.717, 1.165) is 30.3 Å². The van der Waals surface area contributed by atoms with Gasteiger partial charge in [-0.1, -0.05) is 32.4 Å². The summed E-state index contributed by atoms with van der Waals surface area (Å²) in [5, 5.41) is 4.73. The second kappa shape index (κ2) is 4.83. The third-order valence-corrected chi connectivity index (χ3v) is 5.06. The van der Waals surface area contributed by atoms with Crippen LogP contribution in [0.5, 0.6) is 5.88 Å². The first-order chi connectivity index (χ1) is 10.6. The first-order valence-electron chi connectivity index (χ1n) is 8.08. The molecule has 22 heavy (non-hydrogen) atoms. The van der Waals surface area contributed by atoms with E-state index in [4.69, 9.17) is 9.84 Å². The Morgan fingerprint density at radius 3 is 2.68 bits per heavy atom. The molecule has 3 nitrogen and oxygen atoms in total. The Hall–Kier alpha value is -1.84. The van der Waals surface area contributed by atoms with E-state index in [-0.39, 0.29) is 17.2 Å². The smallest absolute Gasteiger partial charge is 0.215 e. The third kappa shape index (κ3) is 1.97. The number of ether oxygens (including phenoxy) is 1. The van der Waals surface area contributed by atoms with Gasteiger partial charge in [0.15, 0.2) is 0 Å². The Kier molecular flexibility index (Phi) is 3.03. The van der Waals surface area contributed by atoms with Crippen molar-refractivity contribution in [2.75, 3.05) is 6.61 Å². The van der Waals surface area contributed by atoms with Crippen molar-refractivity contribution in [1.29, 1.82) is 0 Å². The molecule has 2 aromatic rings. The van der Waals surface area contributed by atoms with Crippen LogP contribution < -0.4 is 4.74 Å². The molecule has 2 heterocycles. The monoisotopic (exact) mass is 300 g/mol. The van der Waals surface area contributed by atoms with Gasteiger partial charge in [-0.15, -0.1) is 0 Å². The molecular weight excluding hydrogens is 279 g/mol. The van der Waals surface area contributed by atoms with Crippen molar-refractivity contribution in [2.24, 2.45) is 5.41 Å².